The van der Waals surface area contributed by atoms with Gasteiger partial charge in [0.05, 0.1) is 19.2 Å². The third-order valence-electron chi connectivity index (χ3n) is 5.83. The molecule has 1 aromatic carbocycles. The van der Waals surface area contributed by atoms with Crippen LogP contribution in [0, 0.1) is 0 Å². The van der Waals surface area contributed by atoms with Gasteiger partial charge >= 0.3 is 0 Å². The molecule has 4 rings (SSSR count). The molecule has 1 saturated heterocycles. The SMILES string of the molecule is CCN(CC)c1ccc2nc3ccc(=[N+]4CCN(CCSC)CC4)cc-3oc2c1. The Morgan fingerprint density at radius 2 is 1.90 bits per heavy atom. The van der Waals surface area contributed by atoms with E-state index < -0.39 is 0 Å². The third-order valence-corrected chi connectivity index (χ3v) is 6.42. The largest absolute Gasteiger partial charge is 0.452 e. The van der Waals surface area contributed by atoms with Gasteiger partial charge < -0.3 is 9.32 Å². The summed E-state index contributed by atoms with van der Waals surface area (Å²) in [6.45, 7) is 11.9. The van der Waals surface area contributed by atoms with Crippen molar-refractivity contribution < 1.29 is 4.42 Å². The van der Waals surface area contributed by atoms with E-state index in [0.717, 1.165) is 61.8 Å². The second-order valence-electron chi connectivity index (χ2n) is 7.51. The first-order valence-electron chi connectivity index (χ1n) is 10.6. The zero-order valence-electron chi connectivity index (χ0n) is 17.7. The smallest absolute Gasteiger partial charge is 0.203 e. The van der Waals surface area contributed by atoms with E-state index in [2.05, 4.69) is 70.9 Å². The highest BCUT2D eigenvalue weighted by molar-refractivity contribution is 7.98. The van der Waals surface area contributed by atoms with Crippen molar-refractivity contribution in [2.75, 3.05) is 62.7 Å². The van der Waals surface area contributed by atoms with E-state index in [9.17, 15) is 0 Å². The van der Waals surface area contributed by atoms with Crippen LogP contribution in [0.25, 0.3) is 22.6 Å². The van der Waals surface area contributed by atoms with Gasteiger partial charge in [0.2, 0.25) is 5.36 Å². The molecule has 154 valence electrons. The summed E-state index contributed by atoms with van der Waals surface area (Å²) >= 11 is 1.92. The van der Waals surface area contributed by atoms with E-state index in [-0.39, 0.29) is 0 Å². The van der Waals surface area contributed by atoms with E-state index in [1.165, 1.54) is 23.3 Å². The highest BCUT2D eigenvalue weighted by atomic mass is 32.2. The van der Waals surface area contributed by atoms with E-state index in [1.807, 2.05) is 11.8 Å². The van der Waals surface area contributed by atoms with Crippen molar-refractivity contribution in [1.29, 1.82) is 0 Å². The third kappa shape index (κ3) is 4.43. The number of nitrogens with zero attached hydrogens (tertiary/aromatic N) is 4. The molecular weight excluding hydrogens is 380 g/mol. The van der Waals surface area contributed by atoms with Gasteiger partial charge in [-0.15, -0.1) is 0 Å². The Hall–Kier alpha value is -2.05. The molecule has 29 heavy (non-hydrogen) atoms. The summed E-state index contributed by atoms with van der Waals surface area (Å²) in [7, 11) is 0. The molecule has 0 radical (unpaired) electrons. The minimum absolute atomic E-state index is 0.848. The molecule has 0 N–H and O–H groups in total. The topological polar surface area (TPSA) is 35.5 Å². The molecule has 0 atom stereocenters. The summed E-state index contributed by atoms with van der Waals surface area (Å²) in [6, 6.07) is 12.7. The van der Waals surface area contributed by atoms with Crippen molar-refractivity contribution in [1.82, 2.24) is 14.5 Å². The first-order chi connectivity index (χ1) is 14.2. The van der Waals surface area contributed by atoms with Gasteiger partial charge in [-0.25, -0.2) is 9.56 Å². The number of benzene rings is 2. The highest BCUT2D eigenvalue weighted by Gasteiger charge is 2.20. The monoisotopic (exact) mass is 411 g/mol. The Labute approximate surface area is 177 Å². The van der Waals surface area contributed by atoms with Crippen LogP contribution in [0.3, 0.4) is 0 Å². The second kappa shape index (κ2) is 9.18. The van der Waals surface area contributed by atoms with Crippen molar-refractivity contribution in [3.63, 3.8) is 0 Å². The maximum atomic E-state index is 6.30. The lowest BCUT2D eigenvalue weighted by Gasteiger charge is -2.24. The fourth-order valence-corrected chi connectivity index (χ4v) is 4.48. The maximum Gasteiger partial charge on any atom is 0.203 e. The molecule has 2 heterocycles. The molecule has 1 aromatic rings. The van der Waals surface area contributed by atoms with Gasteiger partial charge in [0.1, 0.15) is 11.2 Å². The molecule has 2 aliphatic heterocycles. The Kier molecular flexibility index (Phi) is 6.40. The molecule has 3 aliphatic rings. The van der Waals surface area contributed by atoms with Gasteiger partial charge in [-0.3, -0.25) is 4.90 Å². The molecule has 6 heteroatoms. The summed E-state index contributed by atoms with van der Waals surface area (Å²) in [6.07, 6.45) is 2.18. The van der Waals surface area contributed by atoms with Gasteiger partial charge in [0, 0.05) is 43.2 Å². The summed E-state index contributed by atoms with van der Waals surface area (Å²) in [5.74, 6) is 2.07. The molecule has 1 fully saturated rings. The van der Waals surface area contributed by atoms with Crippen molar-refractivity contribution in [3.05, 3.63) is 41.8 Å². The van der Waals surface area contributed by atoms with E-state index >= 15 is 0 Å². The molecule has 0 spiro atoms. The van der Waals surface area contributed by atoms with Gasteiger partial charge in [0.25, 0.3) is 0 Å². The first kappa shape index (κ1) is 20.2. The van der Waals surface area contributed by atoms with Crippen molar-refractivity contribution >= 4 is 28.5 Å². The zero-order valence-corrected chi connectivity index (χ0v) is 18.5. The summed E-state index contributed by atoms with van der Waals surface area (Å²) in [5.41, 5.74) is 3.85. The van der Waals surface area contributed by atoms with Crippen molar-refractivity contribution in [2.24, 2.45) is 0 Å². The van der Waals surface area contributed by atoms with Gasteiger partial charge in [0.15, 0.2) is 24.4 Å². The second-order valence-corrected chi connectivity index (χ2v) is 8.50. The molecular formula is C23H31N4OS+. The Bertz CT molecular complexity index is 1000. The highest BCUT2D eigenvalue weighted by Crippen LogP contribution is 2.27. The van der Waals surface area contributed by atoms with Crippen LogP contribution in [0.4, 0.5) is 5.69 Å². The molecule has 0 unspecified atom stereocenters. The molecule has 5 nitrogen and oxygen atoms in total. The normalized spacial score (nSPS) is 15.3. The number of fused-ring (bicyclic) bond motifs is 2. The molecule has 0 saturated carbocycles. The van der Waals surface area contributed by atoms with Crippen LogP contribution in [-0.2, 0) is 0 Å². The van der Waals surface area contributed by atoms with Crippen LogP contribution in [0.5, 0.6) is 0 Å². The lowest BCUT2D eigenvalue weighted by atomic mass is 10.2. The van der Waals surface area contributed by atoms with Crippen LogP contribution >= 0.6 is 11.8 Å². The average molecular weight is 412 g/mol. The minimum Gasteiger partial charge on any atom is -0.452 e. The Balaban J connectivity index is 1.66. The fraction of sp³-hybridized carbons (Fsp3) is 0.478. The number of hydrogen-bond donors (Lipinski definition) is 0. The minimum atomic E-state index is 0.848. The number of thioether (sulfide) groups is 1. The summed E-state index contributed by atoms with van der Waals surface area (Å²) in [5, 5.41) is 1.23. The van der Waals surface area contributed by atoms with Crippen LogP contribution in [-0.4, -0.2) is 67.7 Å². The lowest BCUT2D eigenvalue weighted by molar-refractivity contribution is 0.235. The average Bonchev–Trinajstić information content (AvgIpc) is 2.77. The number of aromatic nitrogens is 1. The number of piperazine rings is 1. The maximum absolute atomic E-state index is 6.30. The number of anilines is 1. The van der Waals surface area contributed by atoms with Crippen molar-refractivity contribution in [3.8, 4) is 11.5 Å². The lowest BCUT2D eigenvalue weighted by Crippen LogP contribution is -2.48. The predicted molar refractivity (Wildman–Crippen MR) is 124 cm³/mol. The quantitative estimate of drug-likeness (QED) is 0.460. The first-order valence-corrected chi connectivity index (χ1v) is 12.0. The van der Waals surface area contributed by atoms with Gasteiger partial charge in [-0.1, -0.05) is 0 Å². The number of hydrogen-bond acceptors (Lipinski definition) is 5. The van der Waals surface area contributed by atoms with Crippen LogP contribution in [0.15, 0.2) is 40.8 Å². The Morgan fingerprint density at radius 3 is 2.62 bits per heavy atom. The van der Waals surface area contributed by atoms with Crippen LogP contribution in [0.2, 0.25) is 0 Å². The van der Waals surface area contributed by atoms with Gasteiger partial charge in [-0.05, 0) is 38.3 Å². The van der Waals surface area contributed by atoms with E-state index in [0.29, 0.717) is 0 Å². The number of rotatable bonds is 6. The van der Waals surface area contributed by atoms with Crippen LogP contribution < -0.4 is 14.8 Å². The van der Waals surface area contributed by atoms with E-state index in [4.69, 9.17) is 9.40 Å². The van der Waals surface area contributed by atoms with Crippen molar-refractivity contribution in [2.45, 2.75) is 13.8 Å². The fourth-order valence-electron chi connectivity index (χ4n) is 4.03. The molecule has 0 amide bonds. The predicted octanol–water partition coefficient (Wildman–Crippen LogP) is 3.23. The van der Waals surface area contributed by atoms with Gasteiger partial charge in [-0.2, -0.15) is 11.8 Å². The molecule has 1 aliphatic carbocycles. The summed E-state index contributed by atoms with van der Waals surface area (Å²) < 4.78 is 8.76. The molecule has 0 bridgehead atoms. The van der Waals surface area contributed by atoms with Crippen LogP contribution in [0.1, 0.15) is 13.8 Å². The zero-order chi connectivity index (χ0) is 20.2. The summed E-state index contributed by atoms with van der Waals surface area (Å²) in [4.78, 5) is 9.70. The molecule has 0 aromatic heterocycles. The van der Waals surface area contributed by atoms with E-state index in [1.54, 1.807) is 0 Å². The Morgan fingerprint density at radius 1 is 1.10 bits per heavy atom. The standard InChI is InChI=1S/C23H31N4OS/c1-4-26(5-2)18-6-8-20-22(16-18)28-23-17-19(7-9-21(23)24-20)27-12-10-25(11-13-27)14-15-29-3/h6-9,16-17H,4-5,10-15H2,1-3H3/q+1.